The third-order valence-electron chi connectivity index (χ3n) is 4.37. The minimum Gasteiger partial charge on any atom is -0.454 e. The summed E-state index contributed by atoms with van der Waals surface area (Å²) in [6.07, 6.45) is 2.39. The first-order valence-corrected chi connectivity index (χ1v) is 7.74. The molecule has 0 aromatic heterocycles. The number of aliphatic hydroxyl groups is 1. The zero-order chi connectivity index (χ0) is 14.8. The Labute approximate surface area is 125 Å². The van der Waals surface area contributed by atoms with Crippen LogP contribution in [0.4, 0.5) is 5.69 Å². The van der Waals surface area contributed by atoms with Gasteiger partial charge in [-0.15, -0.1) is 0 Å². The fraction of sp³-hybridized carbons (Fsp3) is 0.625. The van der Waals surface area contributed by atoms with Gasteiger partial charge >= 0.3 is 0 Å². The molecule has 2 heterocycles. The molecule has 3 atom stereocenters. The van der Waals surface area contributed by atoms with Gasteiger partial charge in [-0.25, -0.2) is 0 Å². The van der Waals surface area contributed by atoms with Gasteiger partial charge in [0.15, 0.2) is 11.5 Å². The largest absolute Gasteiger partial charge is 0.454 e. The van der Waals surface area contributed by atoms with Crippen molar-refractivity contribution in [3.63, 3.8) is 0 Å². The molecule has 0 saturated carbocycles. The van der Waals surface area contributed by atoms with Crippen LogP contribution in [0, 0.1) is 5.92 Å². The van der Waals surface area contributed by atoms with Crippen molar-refractivity contribution in [2.24, 2.45) is 11.7 Å². The Morgan fingerprint density at radius 3 is 2.95 bits per heavy atom. The molecular formula is C16H24N2O3. The number of fused-ring (bicyclic) bond motifs is 1. The number of aliphatic hydroxyl groups excluding tert-OH is 1. The zero-order valence-corrected chi connectivity index (χ0v) is 12.5. The second kappa shape index (κ2) is 6.12. The summed E-state index contributed by atoms with van der Waals surface area (Å²) >= 11 is 0. The van der Waals surface area contributed by atoms with Gasteiger partial charge in [0, 0.05) is 30.9 Å². The van der Waals surface area contributed by atoms with E-state index in [9.17, 15) is 5.11 Å². The molecule has 0 bridgehead atoms. The summed E-state index contributed by atoms with van der Waals surface area (Å²) < 4.78 is 10.8. The summed E-state index contributed by atoms with van der Waals surface area (Å²) in [6.45, 7) is 4.09. The highest BCUT2D eigenvalue weighted by Crippen LogP contribution is 2.36. The lowest BCUT2D eigenvalue weighted by molar-refractivity contribution is 0.131. The van der Waals surface area contributed by atoms with Crippen molar-refractivity contribution >= 4 is 5.69 Å². The highest BCUT2D eigenvalue weighted by Gasteiger charge is 2.27. The number of hydrogen-bond donors (Lipinski definition) is 2. The Morgan fingerprint density at radius 2 is 2.14 bits per heavy atom. The summed E-state index contributed by atoms with van der Waals surface area (Å²) in [4.78, 5) is 2.29. The molecule has 0 aliphatic carbocycles. The Hall–Kier alpha value is -1.46. The van der Waals surface area contributed by atoms with E-state index in [2.05, 4.69) is 11.0 Å². The van der Waals surface area contributed by atoms with Crippen LogP contribution in [0.1, 0.15) is 26.2 Å². The standard InChI is InChI=1S/C16H24N2O3/c1-2-14(19)6-11-5-12(17)9-18(8-11)13-3-4-15-16(7-13)21-10-20-15/h3-4,7,11-12,14,19H,2,5-6,8-10,17H2,1H3. The summed E-state index contributed by atoms with van der Waals surface area (Å²) in [5, 5.41) is 9.88. The SMILES string of the molecule is CCC(O)CC1CC(N)CN(c2ccc3c(c2)OCO3)C1. The normalized spacial score (nSPS) is 26.0. The van der Waals surface area contributed by atoms with Crippen molar-refractivity contribution in [3.05, 3.63) is 18.2 Å². The number of nitrogens with two attached hydrogens (primary N) is 1. The average molecular weight is 292 g/mol. The van der Waals surface area contributed by atoms with Crippen molar-refractivity contribution in [3.8, 4) is 11.5 Å². The first-order chi connectivity index (χ1) is 10.2. The van der Waals surface area contributed by atoms with Crippen LogP contribution >= 0.6 is 0 Å². The number of ether oxygens (including phenoxy) is 2. The molecule has 0 spiro atoms. The predicted octanol–water partition coefficient (Wildman–Crippen LogP) is 1.73. The minimum atomic E-state index is -0.223. The van der Waals surface area contributed by atoms with Gasteiger partial charge in [0.2, 0.25) is 6.79 Å². The third kappa shape index (κ3) is 3.24. The smallest absolute Gasteiger partial charge is 0.231 e. The lowest BCUT2D eigenvalue weighted by Crippen LogP contribution is -2.47. The van der Waals surface area contributed by atoms with Crippen LogP contribution < -0.4 is 20.1 Å². The van der Waals surface area contributed by atoms with Crippen molar-refractivity contribution in [2.75, 3.05) is 24.8 Å². The van der Waals surface area contributed by atoms with Crippen LogP contribution in [0.15, 0.2) is 18.2 Å². The van der Waals surface area contributed by atoms with Crippen LogP contribution in [0.5, 0.6) is 11.5 Å². The lowest BCUT2D eigenvalue weighted by atomic mass is 9.89. The van der Waals surface area contributed by atoms with E-state index in [1.165, 1.54) is 0 Å². The summed E-state index contributed by atoms with van der Waals surface area (Å²) in [7, 11) is 0. The van der Waals surface area contributed by atoms with Crippen LogP contribution in [0.25, 0.3) is 0 Å². The molecule has 5 heteroatoms. The van der Waals surface area contributed by atoms with Gasteiger partial charge in [-0.3, -0.25) is 0 Å². The second-order valence-electron chi connectivity index (χ2n) is 6.10. The zero-order valence-electron chi connectivity index (χ0n) is 12.5. The molecule has 5 nitrogen and oxygen atoms in total. The van der Waals surface area contributed by atoms with Crippen molar-refractivity contribution in [1.29, 1.82) is 0 Å². The van der Waals surface area contributed by atoms with E-state index < -0.39 is 0 Å². The van der Waals surface area contributed by atoms with E-state index in [0.717, 1.165) is 49.5 Å². The van der Waals surface area contributed by atoms with E-state index >= 15 is 0 Å². The maximum atomic E-state index is 9.88. The average Bonchev–Trinajstić information content (AvgIpc) is 2.93. The molecule has 1 saturated heterocycles. The number of rotatable bonds is 4. The fourth-order valence-corrected chi connectivity index (χ4v) is 3.26. The number of benzene rings is 1. The third-order valence-corrected chi connectivity index (χ3v) is 4.37. The first-order valence-electron chi connectivity index (χ1n) is 7.74. The van der Waals surface area contributed by atoms with Crippen LogP contribution in [-0.2, 0) is 0 Å². The van der Waals surface area contributed by atoms with Gasteiger partial charge in [-0.1, -0.05) is 6.92 Å². The lowest BCUT2D eigenvalue weighted by Gasteiger charge is -2.38. The summed E-state index contributed by atoms with van der Waals surface area (Å²) in [6, 6.07) is 6.18. The van der Waals surface area contributed by atoms with E-state index in [-0.39, 0.29) is 12.1 Å². The van der Waals surface area contributed by atoms with Crippen LogP contribution in [0.3, 0.4) is 0 Å². The maximum Gasteiger partial charge on any atom is 0.231 e. The molecule has 21 heavy (non-hydrogen) atoms. The Morgan fingerprint density at radius 1 is 1.33 bits per heavy atom. The molecule has 1 aromatic carbocycles. The number of anilines is 1. The molecule has 0 radical (unpaired) electrons. The minimum absolute atomic E-state index is 0.151. The number of hydrogen-bond acceptors (Lipinski definition) is 5. The molecule has 2 aliphatic heterocycles. The highest BCUT2D eigenvalue weighted by molar-refractivity contribution is 5.57. The molecule has 2 aliphatic rings. The highest BCUT2D eigenvalue weighted by atomic mass is 16.7. The molecule has 0 amide bonds. The molecule has 3 unspecified atom stereocenters. The van der Waals surface area contributed by atoms with Gasteiger partial charge < -0.3 is 25.2 Å². The molecule has 116 valence electrons. The summed E-state index contributed by atoms with van der Waals surface area (Å²) in [5.74, 6) is 2.05. The Balaban J connectivity index is 1.72. The van der Waals surface area contributed by atoms with Gasteiger partial charge in [0.05, 0.1) is 6.10 Å². The predicted molar refractivity (Wildman–Crippen MR) is 81.8 cm³/mol. The van der Waals surface area contributed by atoms with E-state index in [1.807, 2.05) is 19.1 Å². The summed E-state index contributed by atoms with van der Waals surface area (Å²) in [5.41, 5.74) is 7.32. The number of nitrogens with zero attached hydrogens (tertiary/aromatic N) is 1. The Bertz CT molecular complexity index is 494. The van der Waals surface area contributed by atoms with Gasteiger partial charge in [-0.05, 0) is 37.3 Å². The van der Waals surface area contributed by atoms with E-state index in [0.29, 0.717) is 12.7 Å². The second-order valence-corrected chi connectivity index (χ2v) is 6.10. The van der Waals surface area contributed by atoms with Gasteiger partial charge in [0.1, 0.15) is 0 Å². The molecule has 3 N–H and O–H groups in total. The van der Waals surface area contributed by atoms with Crippen LogP contribution in [0.2, 0.25) is 0 Å². The quantitative estimate of drug-likeness (QED) is 0.884. The van der Waals surface area contributed by atoms with Gasteiger partial charge in [0.25, 0.3) is 0 Å². The van der Waals surface area contributed by atoms with Crippen molar-refractivity contribution in [1.82, 2.24) is 0 Å². The monoisotopic (exact) mass is 292 g/mol. The Kier molecular flexibility index (Phi) is 4.22. The van der Waals surface area contributed by atoms with Crippen molar-refractivity contribution in [2.45, 2.75) is 38.3 Å². The van der Waals surface area contributed by atoms with E-state index in [4.69, 9.17) is 15.2 Å². The number of piperidine rings is 1. The maximum absolute atomic E-state index is 9.88. The fourth-order valence-electron chi connectivity index (χ4n) is 3.26. The van der Waals surface area contributed by atoms with Crippen molar-refractivity contribution < 1.29 is 14.6 Å². The molecule has 1 aromatic rings. The molecular weight excluding hydrogens is 268 g/mol. The first kappa shape index (κ1) is 14.5. The topological polar surface area (TPSA) is 68.0 Å². The van der Waals surface area contributed by atoms with Gasteiger partial charge in [-0.2, -0.15) is 0 Å². The van der Waals surface area contributed by atoms with E-state index in [1.54, 1.807) is 0 Å². The van der Waals surface area contributed by atoms with Crippen LogP contribution in [-0.4, -0.2) is 37.1 Å². The molecule has 3 rings (SSSR count). The molecule has 1 fully saturated rings.